The summed E-state index contributed by atoms with van der Waals surface area (Å²) in [5.74, 6) is 0.682. The molecule has 0 fully saturated rings. The molecule has 7 nitrogen and oxygen atoms in total. The average molecular weight is 455 g/mol. The van der Waals surface area contributed by atoms with E-state index in [-0.39, 0.29) is 11.9 Å². The Morgan fingerprint density at radius 1 is 1.25 bits per heavy atom. The van der Waals surface area contributed by atoms with E-state index in [0.717, 1.165) is 3.57 Å². The highest BCUT2D eigenvalue weighted by Gasteiger charge is 2.19. The first-order valence-electron chi connectivity index (χ1n) is 6.99. The summed E-state index contributed by atoms with van der Waals surface area (Å²) in [7, 11) is 0. The minimum Gasteiger partial charge on any atom is -0.342 e. The van der Waals surface area contributed by atoms with Crippen LogP contribution in [0.5, 0.6) is 0 Å². The van der Waals surface area contributed by atoms with Crippen LogP contribution in [0.25, 0.3) is 5.95 Å². The van der Waals surface area contributed by atoms with Gasteiger partial charge in [-0.1, -0.05) is 11.6 Å². The average Bonchev–Trinajstić information content (AvgIpc) is 3.04. The van der Waals surface area contributed by atoms with Gasteiger partial charge in [0.15, 0.2) is 5.82 Å². The molecule has 0 spiro atoms. The largest absolute Gasteiger partial charge is 0.342 e. The standard InChI is InChI=1S/C15H12ClIN6O/c1-9(22-14(24)10-5-11(16)7-12(17)6-10)13-20-8-21-23(13)15-18-3-2-4-19-15/h2-9H,1H3,(H,22,24). The molecule has 0 saturated heterocycles. The zero-order valence-electron chi connectivity index (χ0n) is 12.5. The second kappa shape index (κ2) is 7.22. The summed E-state index contributed by atoms with van der Waals surface area (Å²) in [6.07, 6.45) is 4.63. The van der Waals surface area contributed by atoms with Crippen LogP contribution < -0.4 is 5.32 Å². The van der Waals surface area contributed by atoms with Gasteiger partial charge in [0.05, 0.1) is 6.04 Å². The number of halogens is 2. The third-order valence-electron chi connectivity index (χ3n) is 3.18. The third kappa shape index (κ3) is 3.70. The van der Waals surface area contributed by atoms with Gasteiger partial charge >= 0.3 is 0 Å². The zero-order chi connectivity index (χ0) is 17.1. The number of rotatable bonds is 4. The number of benzene rings is 1. The monoisotopic (exact) mass is 454 g/mol. The van der Waals surface area contributed by atoms with Gasteiger partial charge in [0.25, 0.3) is 11.9 Å². The van der Waals surface area contributed by atoms with E-state index in [1.807, 2.05) is 6.92 Å². The molecule has 9 heteroatoms. The number of carbonyl (C=O) groups excluding carboxylic acids is 1. The lowest BCUT2D eigenvalue weighted by Gasteiger charge is -2.14. The quantitative estimate of drug-likeness (QED) is 0.613. The van der Waals surface area contributed by atoms with Crippen molar-refractivity contribution in [1.82, 2.24) is 30.0 Å². The van der Waals surface area contributed by atoms with Crippen molar-refractivity contribution in [3.05, 3.63) is 63.0 Å². The van der Waals surface area contributed by atoms with Crippen molar-refractivity contribution in [1.29, 1.82) is 0 Å². The number of hydrogen-bond acceptors (Lipinski definition) is 5. The van der Waals surface area contributed by atoms with Gasteiger partial charge in [-0.05, 0) is 53.8 Å². The molecule has 3 aromatic rings. The van der Waals surface area contributed by atoms with Crippen LogP contribution in [0.4, 0.5) is 0 Å². The predicted octanol–water partition coefficient (Wildman–Crippen LogP) is 2.81. The van der Waals surface area contributed by atoms with Crippen molar-refractivity contribution in [2.45, 2.75) is 13.0 Å². The lowest BCUT2D eigenvalue weighted by Crippen LogP contribution is -2.29. The molecule has 0 aliphatic rings. The second-order valence-corrected chi connectivity index (χ2v) is 6.61. The number of hydrogen-bond donors (Lipinski definition) is 1. The van der Waals surface area contributed by atoms with Crippen molar-refractivity contribution in [3.8, 4) is 5.95 Å². The van der Waals surface area contributed by atoms with Crippen molar-refractivity contribution in [2.24, 2.45) is 0 Å². The van der Waals surface area contributed by atoms with Crippen molar-refractivity contribution in [3.63, 3.8) is 0 Å². The Labute approximate surface area is 156 Å². The van der Waals surface area contributed by atoms with E-state index < -0.39 is 0 Å². The van der Waals surface area contributed by atoms with E-state index in [9.17, 15) is 4.79 Å². The topological polar surface area (TPSA) is 85.6 Å². The van der Waals surface area contributed by atoms with E-state index >= 15 is 0 Å². The van der Waals surface area contributed by atoms with Crippen LogP contribution in [-0.2, 0) is 0 Å². The predicted molar refractivity (Wildman–Crippen MR) is 97.0 cm³/mol. The van der Waals surface area contributed by atoms with Gasteiger partial charge < -0.3 is 5.32 Å². The van der Waals surface area contributed by atoms with Crippen LogP contribution in [0.15, 0.2) is 43.0 Å². The lowest BCUT2D eigenvalue weighted by molar-refractivity contribution is 0.0937. The van der Waals surface area contributed by atoms with Crippen LogP contribution >= 0.6 is 34.2 Å². The highest BCUT2D eigenvalue weighted by atomic mass is 127. The first-order valence-corrected chi connectivity index (χ1v) is 8.44. The maximum Gasteiger partial charge on any atom is 0.252 e. The first-order chi connectivity index (χ1) is 11.5. The van der Waals surface area contributed by atoms with E-state index in [1.165, 1.54) is 11.0 Å². The van der Waals surface area contributed by atoms with Crippen molar-refractivity contribution >= 4 is 40.1 Å². The summed E-state index contributed by atoms with van der Waals surface area (Å²) in [5.41, 5.74) is 0.487. The highest BCUT2D eigenvalue weighted by Crippen LogP contribution is 2.18. The van der Waals surface area contributed by atoms with Crippen LogP contribution in [-0.4, -0.2) is 30.6 Å². The maximum atomic E-state index is 12.4. The zero-order valence-corrected chi connectivity index (χ0v) is 15.4. The van der Waals surface area contributed by atoms with Crippen LogP contribution in [0.1, 0.15) is 29.1 Å². The first kappa shape index (κ1) is 16.8. The molecule has 2 aromatic heterocycles. The summed E-state index contributed by atoms with van der Waals surface area (Å²) >= 11 is 8.12. The highest BCUT2D eigenvalue weighted by molar-refractivity contribution is 14.1. The maximum absolute atomic E-state index is 12.4. The Kier molecular flexibility index (Phi) is 5.05. The SMILES string of the molecule is CC(NC(=O)c1cc(Cl)cc(I)c1)c1ncnn1-c1ncccn1. The Balaban J connectivity index is 1.82. The molecule has 24 heavy (non-hydrogen) atoms. The molecule has 0 aliphatic carbocycles. The van der Waals surface area contributed by atoms with Crippen LogP contribution in [0, 0.1) is 3.57 Å². The molecule has 1 atom stereocenters. The summed E-state index contributed by atoms with van der Waals surface area (Å²) < 4.78 is 2.38. The Hall–Kier alpha value is -2.07. The normalized spacial score (nSPS) is 12.0. The van der Waals surface area contributed by atoms with E-state index in [0.29, 0.717) is 22.4 Å². The fraction of sp³-hybridized carbons (Fsp3) is 0.133. The molecule has 122 valence electrons. The van der Waals surface area contributed by atoms with Crippen molar-refractivity contribution in [2.75, 3.05) is 0 Å². The van der Waals surface area contributed by atoms with Gasteiger partial charge in [0.2, 0.25) is 0 Å². The van der Waals surface area contributed by atoms with Gasteiger partial charge in [0, 0.05) is 26.5 Å². The minimum atomic E-state index is -0.388. The van der Waals surface area contributed by atoms with Crippen LogP contribution in [0.3, 0.4) is 0 Å². The fourth-order valence-corrected chi connectivity index (χ4v) is 3.22. The molecule has 3 rings (SSSR count). The summed E-state index contributed by atoms with van der Waals surface area (Å²) in [4.78, 5) is 24.9. The van der Waals surface area contributed by atoms with Gasteiger partial charge in [-0.15, -0.1) is 0 Å². The van der Waals surface area contributed by atoms with Crippen LogP contribution in [0.2, 0.25) is 5.02 Å². The van der Waals surface area contributed by atoms with E-state index in [2.05, 4.69) is 48.0 Å². The van der Waals surface area contributed by atoms with E-state index in [4.69, 9.17) is 11.6 Å². The summed E-state index contributed by atoms with van der Waals surface area (Å²) in [6.45, 7) is 1.82. The molecule has 0 radical (unpaired) electrons. The lowest BCUT2D eigenvalue weighted by atomic mass is 10.2. The molecule has 0 aliphatic heterocycles. The molecule has 1 amide bonds. The summed E-state index contributed by atoms with van der Waals surface area (Å²) in [6, 6.07) is 6.49. The molecule has 0 saturated carbocycles. The van der Waals surface area contributed by atoms with Crippen molar-refractivity contribution < 1.29 is 4.79 Å². The molecule has 1 N–H and O–H groups in total. The number of nitrogens with zero attached hydrogens (tertiary/aromatic N) is 5. The number of amides is 1. The molecular weight excluding hydrogens is 443 g/mol. The van der Waals surface area contributed by atoms with E-state index in [1.54, 1.807) is 36.7 Å². The summed E-state index contributed by atoms with van der Waals surface area (Å²) in [5, 5.41) is 7.52. The number of nitrogens with one attached hydrogen (secondary N) is 1. The number of carbonyl (C=O) groups is 1. The smallest absolute Gasteiger partial charge is 0.252 e. The van der Waals surface area contributed by atoms with Gasteiger partial charge in [-0.2, -0.15) is 9.78 Å². The Morgan fingerprint density at radius 2 is 2.00 bits per heavy atom. The Morgan fingerprint density at radius 3 is 2.71 bits per heavy atom. The third-order valence-corrected chi connectivity index (χ3v) is 4.02. The van der Waals surface area contributed by atoms with Gasteiger partial charge in [0.1, 0.15) is 6.33 Å². The van der Waals surface area contributed by atoms with Gasteiger partial charge in [-0.25, -0.2) is 15.0 Å². The minimum absolute atomic E-state index is 0.244. The number of aromatic nitrogens is 5. The molecule has 2 heterocycles. The fourth-order valence-electron chi connectivity index (χ4n) is 2.13. The second-order valence-electron chi connectivity index (χ2n) is 4.93. The molecule has 1 unspecified atom stereocenters. The molecule has 0 bridgehead atoms. The Bertz CT molecular complexity index is 849. The molecule has 1 aromatic carbocycles. The van der Waals surface area contributed by atoms with Gasteiger partial charge in [-0.3, -0.25) is 4.79 Å². The molecular formula is C15H12ClIN6O.